The van der Waals surface area contributed by atoms with Crippen LogP contribution in [0.4, 0.5) is 0 Å². The predicted octanol–water partition coefficient (Wildman–Crippen LogP) is 1.92. The molecule has 1 aromatic heterocycles. The Bertz CT molecular complexity index is 836. The first-order valence-electron chi connectivity index (χ1n) is 8.71. The first-order valence-corrected chi connectivity index (χ1v) is 8.71. The third-order valence-electron chi connectivity index (χ3n) is 4.77. The van der Waals surface area contributed by atoms with Gasteiger partial charge in [0.15, 0.2) is 0 Å². The largest absolute Gasteiger partial charge is 0.497 e. The number of ether oxygens (including phenoxy) is 2. The van der Waals surface area contributed by atoms with Gasteiger partial charge in [0.25, 0.3) is 5.56 Å². The molecule has 0 radical (unpaired) electrons. The molecule has 1 amide bonds. The van der Waals surface area contributed by atoms with Crippen LogP contribution in [0.1, 0.15) is 17.7 Å². The van der Waals surface area contributed by atoms with E-state index in [-0.39, 0.29) is 17.6 Å². The molecule has 1 aliphatic heterocycles. The Morgan fingerprint density at radius 3 is 2.46 bits per heavy atom. The van der Waals surface area contributed by atoms with Crippen molar-refractivity contribution < 1.29 is 14.3 Å². The number of methoxy groups -OCH3 is 1. The minimum atomic E-state index is -0.0910. The number of hydrogen-bond donors (Lipinski definition) is 0. The molecule has 2 heterocycles. The summed E-state index contributed by atoms with van der Waals surface area (Å²) in [5, 5.41) is 0. The van der Waals surface area contributed by atoms with Gasteiger partial charge < -0.3 is 18.9 Å². The summed E-state index contributed by atoms with van der Waals surface area (Å²) in [7, 11) is 3.36. The van der Waals surface area contributed by atoms with Crippen LogP contribution < -0.4 is 15.0 Å². The van der Waals surface area contributed by atoms with E-state index in [1.165, 1.54) is 6.07 Å². The summed E-state index contributed by atoms with van der Waals surface area (Å²) in [4.78, 5) is 25.9. The highest BCUT2D eigenvalue weighted by molar-refractivity contribution is 5.77. The van der Waals surface area contributed by atoms with Crippen LogP contribution in [0.25, 0.3) is 0 Å². The minimum absolute atomic E-state index is 0.0496. The standard InChI is InChI=1S/C20H24N2O4/c1-14-10-17(11-20(24)21(14)2)26-18-12-22(13-18)19(23)9-6-15-4-7-16(25-3)8-5-15/h4-5,7-8,10-11,18H,6,9,12-13H2,1-3H3. The molecule has 1 saturated heterocycles. The van der Waals surface area contributed by atoms with Gasteiger partial charge >= 0.3 is 0 Å². The van der Waals surface area contributed by atoms with E-state index in [2.05, 4.69) is 0 Å². The number of nitrogens with zero attached hydrogens (tertiary/aromatic N) is 2. The number of hydrogen-bond acceptors (Lipinski definition) is 4. The van der Waals surface area contributed by atoms with E-state index in [0.717, 1.165) is 17.0 Å². The maximum absolute atomic E-state index is 12.3. The van der Waals surface area contributed by atoms with Crippen LogP contribution in [0.2, 0.25) is 0 Å². The van der Waals surface area contributed by atoms with Gasteiger partial charge in [0.05, 0.1) is 20.2 Å². The van der Waals surface area contributed by atoms with E-state index in [9.17, 15) is 9.59 Å². The van der Waals surface area contributed by atoms with Crippen LogP contribution in [-0.2, 0) is 18.3 Å². The fourth-order valence-electron chi connectivity index (χ4n) is 2.92. The van der Waals surface area contributed by atoms with Gasteiger partial charge in [-0.05, 0) is 37.1 Å². The van der Waals surface area contributed by atoms with E-state index in [1.807, 2.05) is 37.3 Å². The summed E-state index contributed by atoms with van der Waals surface area (Å²) in [6.07, 6.45) is 1.13. The normalized spacial score (nSPS) is 14.0. The molecule has 0 atom stereocenters. The van der Waals surface area contributed by atoms with Crippen molar-refractivity contribution in [2.75, 3.05) is 20.2 Å². The van der Waals surface area contributed by atoms with Crippen LogP contribution in [0.3, 0.4) is 0 Å². The molecule has 6 heteroatoms. The zero-order valence-corrected chi connectivity index (χ0v) is 15.4. The van der Waals surface area contributed by atoms with Gasteiger partial charge in [0.2, 0.25) is 5.91 Å². The Morgan fingerprint density at radius 2 is 1.85 bits per heavy atom. The zero-order chi connectivity index (χ0) is 18.7. The van der Waals surface area contributed by atoms with E-state index in [0.29, 0.717) is 31.7 Å². The van der Waals surface area contributed by atoms with Crippen LogP contribution in [0.5, 0.6) is 11.5 Å². The van der Waals surface area contributed by atoms with E-state index >= 15 is 0 Å². The lowest BCUT2D eigenvalue weighted by Crippen LogP contribution is -2.56. The molecule has 138 valence electrons. The lowest BCUT2D eigenvalue weighted by atomic mass is 10.1. The molecule has 26 heavy (non-hydrogen) atoms. The summed E-state index contributed by atoms with van der Waals surface area (Å²) < 4.78 is 12.5. The topological polar surface area (TPSA) is 60.8 Å². The third-order valence-corrected chi connectivity index (χ3v) is 4.77. The molecule has 0 aliphatic carbocycles. The fraction of sp³-hybridized carbons (Fsp3) is 0.400. The molecule has 1 aromatic carbocycles. The molecule has 6 nitrogen and oxygen atoms in total. The molecule has 1 fully saturated rings. The van der Waals surface area contributed by atoms with E-state index in [4.69, 9.17) is 9.47 Å². The van der Waals surface area contributed by atoms with E-state index < -0.39 is 0 Å². The zero-order valence-electron chi connectivity index (χ0n) is 15.4. The molecule has 1 aliphatic rings. The monoisotopic (exact) mass is 356 g/mol. The van der Waals surface area contributed by atoms with Crippen molar-refractivity contribution in [1.82, 2.24) is 9.47 Å². The van der Waals surface area contributed by atoms with Crippen molar-refractivity contribution in [3.63, 3.8) is 0 Å². The van der Waals surface area contributed by atoms with Crippen molar-refractivity contribution in [1.29, 1.82) is 0 Å². The number of amides is 1. The number of carbonyl (C=O) groups excluding carboxylic acids is 1. The summed E-state index contributed by atoms with van der Waals surface area (Å²) >= 11 is 0. The average molecular weight is 356 g/mol. The van der Waals surface area contributed by atoms with Gasteiger partial charge in [-0.15, -0.1) is 0 Å². The first-order chi connectivity index (χ1) is 12.5. The molecule has 3 rings (SSSR count). The SMILES string of the molecule is COc1ccc(CCC(=O)N2CC(Oc3cc(C)n(C)c(=O)c3)C2)cc1. The van der Waals surface area contributed by atoms with E-state index in [1.54, 1.807) is 23.6 Å². The first kappa shape index (κ1) is 18.0. The Hall–Kier alpha value is -2.76. The summed E-state index contributed by atoms with van der Waals surface area (Å²) in [6, 6.07) is 11.1. The fourth-order valence-corrected chi connectivity index (χ4v) is 2.92. The predicted molar refractivity (Wildman–Crippen MR) is 98.7 cm³/mol. The molecular weight excluding hydrogens is 332 g/mol. The van der Waals surface area contributed by atoms with Crippen molar-refractivity contribution in [2.45, 2.75) is 25.9 Å². The lowest BCUT2D eigenvalue weighted by Gasteiger charge is -2.39. The summed E-state index contributed by atoms with van der Waals surface area (Å²) in [6.45, 7) is 3.00. The van der Waals surface area contributed by atoms with Crippen molar-refractivity contribution in [3.05, 3.63) is 58.0 Å². The number of aryl methyl sites for hydroxylation is 2. The smallest absolute Gasteiger partial charge is 0.254 e. The quantitative estimate of drug-likeness (QED) is 0.793. The van der Waals surface area contributed by atoms with Gasteiger partial charge in [-0.25, -0.2) is 0 Å². The minimum Gasteiger partial charge on any atom is -0.497 e. The molecule has 2 aromatic rings. The van der Waals surface area contributed by atoms with Crippen LogP contribution in [0, 0.1) is 6.92 Å². The van der Waals surface area contributed by atoms with Crippen LogP contribution in [0.15, 0.2) is 41.2 Å². The second kappa shape index (κ2) is 7.64. The number of aromatic nitrogens is 1. The average Bonchev–Trinajstić information content (AvgIpc) is 2.60. The number of benzene rings is 1. The maximum atomic E-state index is 12.3. The molecule has 0 saturated carbocycles. The Morgan fingerprint density at radius 1 is 1.15 bits per heavy atom. The second-order valence-corrected chi connectivity index (χ2v) is 6.62. The molecule has 0 N–H and O–H groups in total. The summed E-state index contributed by atoms with van der Waals surface area (Å²) in [5.74, 6) is 1.51. The molecule has 0 spiro atoms. The highest BCUT2D eigenvalue weighted by atomic mass is 16.5. The summed E-state index contributed by atoms with van der Waals surface area (Å²) in [5.41, 5.74) is 1.87. The lowest BCUT2D eigenvalue weighted by molar-refractivity contribution is -0.139. The van der Waals surface area contributed by atoms with Gasteiger partial charge in [-0.1, -0.05) is 12.1 Å². The highest BCUT2D eigenvalue weighted by Crippen LogP contribution is 2.19. The molecular formula is C20H24N2O4. The van der Waals surface area contributed by atoms with Crippen molar-refractivity contribution >= 4 is 5.91 Å². The van der Waals surface area contributed by atoms with Crippen molar-refractivity contribution in [2.24, 2.45) is 7.05 Å². The maximum Gasteiger partial charge on any atom is 0.254 e. The van der Waals surface area contributed by atoms with Crippen LogP contribution in [-0.4, -0.2) is 41.7 Å². The van der Waals surface area contributed by atoms with Gasteiger partial charge in [-0.3, -0.25) is 9.59 Å². The molecule has 0 unspecified atom stereocenters. The Labute approximate surface area is 153 Å². The number of pyridine rings is 1. The number of rotatable bonds is 6. The third kappa shape index (κ3) is 4.07. The van der Waals surface area contributed by atoms with Gasteiger partial charge in [0.1, 0.15) is 17.6 Å². The van der Waals surface area contributed by atoms with Crippen LogP contribution >= 0.6 is 0 Å². The Balaban J connectivity index is 1.45. The van der Waals surface area contributed by atoms with Gasteiger partial charge in [-0.2, -0.15) is 0 Å². The Kier molecular flexibility index (Phi) is 5.30. The van der Waals surface area contributed by atoms with Gasteiger partial charge in [0, 0.05) is 25.2 Å². The second-order valence-electron chi connectivity index (χ2n) is 6.62. The number of likely N-dealkylation sites (tertiary alicyclic amines) is 1. The number of carbonyl (C=O) groups is 1. The van der Waals surface area contributed by atoms with Crippen molar-refractivity contribution in [3.8, 4) is 11.5 Å². The molecule has 0 bridgehead atoms. The highest BCUT2D eigenvalue weighted by Gasteiger charge is 2.32.